The highest BCUT2D eigenvalue weighted by atomic mass is 35.5. The number of sulfonamides is 1. The fourth-order valence-electron chi connectivity index (χ4n) is 2.36. The molecule has 7 nitrogen and oxygen atoms in total. The lowest BCUT2D eigenvalue weighted by Crippen LogP contribution is -2.33. The summed E-state index contributed by atoms with van der Waals surface area (Å²) in [5, 5.41) is 5.72. The van der Waals surface area contributed by atoms with E-state index in [9.17, 15) is 31.2 Å². The maximum atomic E-state index is 12.2. The van der Waals surface area contributed by atoms with Gasteiger partial charge >= 0.3 is 6.18 Å². The van der Waals surface area contributed by atoms with Crippen LogP contribution in [-0.4, -0.2) is 39.5 Å². The van der Waals surface area contributed by atoms with Crippen LogP contribution in [0, 0.1) is 0 Å². The number of benzene rings is 2. The molecular formula is C19H19ClF3N3O4S. The summed E-state index contributed by atoms with van der Waals surface area (Å²) in [4.78, 5) is 23.5. The van der Waals surface area contributed by atoms with Crippen molar-refractivity contribution >= 4 is 39.1 Å². The lowest BCUT2D eigenvalue weighted by molar-refractivity contribution is -0.121. The van der Waals surface area contributed by atoms with E-state index in [0.717, 1.165) is 12.1 Å². The minimum atomic E-state index is -4.67. The number of hydrogen-bond donors (Lipinski definition) is 3. The first kappa shape index (κ1) is 24.6. The average Bonchev–Trinajstić information content (AvgIpc) is 2.70. The molecule has 0 radical (unpaired) electrons. The molecule has 31 heavy (non-hydrogen) atoms. The largest absolute Gasteiger partial charge is 0.402 e. The van der Waals surface area contributed by atoms with Gasteiger partial charge in [-0.05, 0) is 55.0 Å². The predicted molar refractivity (Wildman–Crippen MR) is 109 cm³/mol. The quantitative estimate of drug-likeness (QED) is 0.482. The van der Waals surface area contributed by atoms with Crippen LogP contribution in [0.25, 0.3) is 0 Å². The number of anilines is 1. The van der Waals surface area contributed by atoms with Crippen molar-refractivity contribution in [3.05, 3.63) is 59.1 Å². The van der Waals surface area contributed by atoms with Gasteiger partial charge in [-0.1, -0.05) is 11.6 Å². The Morgan fingerprint density at radius 3 is 2.16 bits per heavy atom. The summed E-state index contributed by atoms with van der Waals surface area (Å²) < 4.78 is 61.6. The van der Waals surface area contributed by atoms with Gasteiger partial charge in [0.1, 0.15) is 6.54 Å². The topological polar surface area (TPSA) is 104 Å². The van der Waals surface area contributed by atoms with Gasteiger partial charge in [0.2, 0.25) is 15.9 Å². The highest BCUT2D eigenvalue weighted by Gasteiger charge is 2.30. The Hall–Kier alpha value is -2.63. The van der Waals surface area contributed by atoms with Gasteiger partial charge in [0.15, 0.2) is 0 Å². The van der Waals surface area contributed by atoms with Crippen molar-refractivity contribution in [1.82, 2.24) is 10.0 Å². The van der Waals surface area contributed by atoms with Crippen LogP contribution in [0.1, 0.15) is 23.2 Å². The van der Waals surface area contributed by atoms with E-state index in [-0.39, 0.29) is 35.4 Å². The third-order valence-electron chi connectivity index (χ3n) is 3.88. The van der Waals surface area contributed by atoms with Crippen molar-refractivity contribution in [2.24, 2.45) is 0 Å². The second kappa shape index (κ2) is 10.6. The summed E-state index contributed by atoms with van der Waals surface area (Å²) in [7, 11) is -4.32. The Kier molecular flexibility index (Phi) is 8.43. The van der Waals surface area contributed by atoms with E-state index in [0.29, 0.717) is 17.0 Å². The molecule has 0 saturated carbocycles. The predicted octanol–water partition coefficient (Wildman–Crippen LogP) is 3.33. The lowest BCUT2D eigenvalue weighted by atomic mass is 10.2. The van der Waals surface area contributed by atoms with Crippen LogP contribution in [0.4, 0.5) is 18.9 Å². The van der Waals surface area contributed by atoms with E-state index in [1.165, 1.54) is 16.9 Å². The molecule has 0 spiro atoms. The van der Waals surface area contributed by atoms with Crippen molar-refractivity contribution in [3.8, 4) is 0 Å². The summed E-state index contributed by atoms with van der Waals surface area (Å²) >= 11 is 5.76. The molecule has 0 saturated heterocycles. The Bertz CT molecular complexity index is 1010. The van der Waals surface area contributed by atoms with Gasteiger partial charge < -0.3 is 10.6 Å². The van der Waals surface area contributed by atoms with Gasteiger partial charge in [-0.3, -0.25) is 9.59 Å². The van der Waals surface area contributed by atoms with E-state index < -0.39 is 22.7 Å². The second-order valence-electron chi connectivity index (χ2n) is 6.38. The van der Waals surface area contributed by atoms with Crippen molar-refractivity contribution in [2.45, 2.75) is 23.9 Å². The van der Waals surface area contributed by atoms with Crippen LogP contribution in [0.3, 0.4) is 0 Å². The Balaban J connectivity index is 1.77. The molecule has 3 N–H and O–H groups in total. The van der Waals surface area contributed by atoms with Gasteiger partial charge in [0.05, 0.1) is 4.90 Å². The van der Waals surface area contributed by atoms with Gasteiger partial charge in [-0.25, -0.2) is 13.1 Å². The number of hydrogen-bond acceptors (Lipinski definition) is 4. The van der Waals surface area contributed by atoms with Gasteiger partial charge in [0, 0.05) is 29.2 Å². The molecule has 0 heterocycles. The highest BCUT2D eigenvalue weighted by molar-refractivity contribution is 7.89. The molecule has 12 heteroatoms. The number of carbonyl (C=O) groups is 2. The zero-order chi connectivity index (χ0) is 23.1. The smallest absolute Gasteiger partial charge is 0.352 e. The van der Waals surface area contributed by atoms with E-state index in [4.69, 9.17) is 11.6 Å². The van der Waals surface area contributed by atoms with Crippen LogP contribution >= 0.6 is 11.6 Å². The van der Waals surface area contributed by atoms with Gasteiger partial charge in [-0.15, -0.1) is 0 Å². The summed E-state index contributed by atoms with van der Waals surface area (Å²) in [5.41, 5.74) is 0.721. The number of halogens is 4. The average molecular weight is 478 g/mol. The molecule has 0 fully saturated rings. The molecule has 0 unspecified atom stereocenters. The molecule has 0 aromatic heterocycles. The Morgan fingerprint density at radius 2 is 1.58 bits per heavy atom. The Labute approximate surface area is 182 Å². The minimum Gasteiger partial charge on any atom is -0.352 e. The molecule has 168 valence electrons. The van der Waals surface area contributed by atoms with Crippen LogP contribution in [0.5, 0.6) is 0 Å². The summed E-state index contributed by atoms with van der Waals surface area (Å²) in [6.45, 7) is -1.42. The zero-order valence-corrected chi connectivity index (χ0v) is 17.6. The van der Waals surface area contributed by atoms with Gasteiger partial charge in [-0.2, -0.15) is 13.2 Å². The van der Waals surface area contributed by atoms with Crippen molar-refractivity contribution in [2.75, 3.05) is 18.4 Å². The number of alkyl halides is 3. The minimum absolute atomic E-state index is 0.0914. The summed E-state index contributed by atoms with van der Waals surface area (Å²) in [6, 6.07) is 11.0. The molecule has 0 bridgehead atoms. The van der Waals surface area contributed by atoms with E-state index in [1.54, 1.807) is 24.3 Å². The van der Waals surface area contributed by atoms with Crippen LogP contribution < -0.4 is 15.4 Å². The maximum Gasteiger partial charge on any atom is 0.402 e. The normalized spacial score (nSPS) is 11.7. The first-order valence-electron chi connectivity index (χ1n) is 8.96. The van der Waals surface area contributed by atoms with Crippen LogP contribution in [0.15, 0.2) is 53.4 Å². The molecule has 2 rings (SSSR count). The monoisotopic (exact) mass is 477 g/mol. The number of rotatable bonds is 9. The fraction of sp³-hybridized carbons (Fsp3) is 0.263. The molecule has 2 aromatic rings. The summed E-state index contributed by atoms with van der Waals surface area (Å²) in [5.74, 6) is -0.667. The molecule has 0 aliphatic rings. The fourth-order valence-corrected chi connectivity index (χ4v) is 3.50. The third-order valence-corrected chi connectivity index (χ3v) is 5.55. The SMILES string of the molecule is O=C(CCCNC(=O)c1ccc(Cl)cc1)Nc1ccc(S(=O)(=O)NCC(F)(F)F)cc1. The number of nitrogens with one attached hydrogen (secondary N) is 3. The van der Waals surface area contributed by atoms with Crippen molar-refractivity contribution < 1.29 is 31.2 Å². The third kappa shape index (κ3) is 8.56. The number of amides is 2. The van der Waals surface area contributed by atoms with E-state index in [1.807, 2.05) is 0 Å². The lowest BCUT2D eigenvalue weighted by Gasteiger charge is -2.10. The zero-order valence-electron chi connectivity index (χ0n) is 16.0. The molecule has 0 aliphatic heterocycles. The van der Waals surface area contributed by atoms with Crippen LogP contribution in [-0.2, 0) is 14.8 Å². The van der Waals surface area contributed by atoms with Crippen LogP contribution in [0.2, 0.25) is 5.02 Å². The molecule has 2 aromatic carbocycles. The molecular weight excluding hydrogens is 459 g/mol. The Morgan fingerprint density at radius 1 is 0.968 bits per heavy atom. The van der Waals surface area contributed by atoms with E-state index in [2.05, 4.69) is 10.6 Å². The first-order chi connectivity index (χ1) is 14.5. The second-order valence-corrected chi connectivity index (χ2v) is 8.58. The molecule has 0 atom stereocenters. The first-order valence-corrected chi connectivity index (χ1v) is 10.8. The maximum absolute atomic E-state index is 12.2. The highest BCUT2D eigenvalue weighted by Crippen LogP contribution is 2.17. The number of carbonyl (C=O) groups excluding carboxylic acids is 2. The van der Waals surface area contributed by atoms with Crippen molar-refractivity contribution in [3.63, 3.8) is 0 Å². The van der Waals surface area contributed by atoms with Gasteiger partial charge in [0.25, 0.3) is 5.91 Å². The van der Waals surface area contributed by atoms with E-state index >= 15 is 0 Å². The summed E-state index contributed by atoms with van der Waals surface area (Å²) in [6.07, 6.45) is -4.22. The van der Waals surface area contributed by atoms with Crippen molar-refractivity contribution in [1.29, 1.82) is 0 Å². The molecule has 2 amide bonds. The standard InChI is InChI=1S/C19H19ClF3N3O4S/c20-14-5-3-13(4-6-14)18(28)24-11-1-2-17(27)26-15-7-9-16(10-8-15)31(29,30)25-12-19(21,22)23/h3-10,25H,1-2,11-12H2,(H,24,28)(H,26,27). The molecule has 0 aliphatic carbocycles.